The molecule has 1 saturated heterocycles. The number of ether oxygens (including phenoxy) is 1. The molecule has 1 aliphatic rings. The Morgan fingerprint density at radius 1 is 1.15 bits per heavy atom. The maximum Gasteiger partial charge on any atom is 0.401 e. The quantitative estimate of drug-likeness (QED) is 0.396. The average molecular weight is 569 g/mol. The Balaban J connectivity index is 1.73. The van der Waals surface area contributed by atoms with Crippen LogP contribution in [-0.2, 0) is 0 Å². The Morgan fingerprint density at radius 2 is 1.87 bits per heavy atom. The van der Waals surface area contributed by atoms with Crippen LogP contribution in [0.15, 0.2) is 22.7 Å². The number of alkyl halides is 3. The molecule has 1 atom stereocenters. The normalized spacial score (nSPS) is 15.6. The Labute approximate surface area is 229 Å². The van der Waals surface area contributed by atoms with Gasteiger partial charge in [0.05, 0.1) is 28.5 Å². The minimum atomic E-state index is -4.25. The second kappa shape index (κ2) is 12.1. The first kappa shape index (κ1) is 29.1. The second-order valence-corrected chi connectivity index (χ2v) is 9.99. The Kier molecular flexibility index (Phi) is 9.00. The molecule has 2 N–H and O–H groups in total. The van der Waals surface area contributed by atoms with Gasteiger partial charge in [0.15, 0.2) is 5.82 Å². The maximum absolute atomic E-state index is 12.9. The van der Waals surface area contributed by atoms with E-state index in [0.717, 1.165) is 11.1 Å². The monoisotopic (exact) mass is 568 g/mol. The van der Waals surface area contributed by atoms with Gasteiger partial charge in [-0.1, -0.05) is 16.8 Å². The number of aliphatic hydroxyl groups is 1. The fourth-order valence-electron chi connectivity index (χ4n) is 4.62. The number of piperazine rings is 1. The number of likely N-dealkylation sites (N-methyl/N-ethyl adjacent to an activating group) is 1. The van der Waals surface area contributed by atoms with E-state index < -0.39 is 18.8 Å². The lowest BCUT2D eigenvalue weighted by atomic mass is 10.0. The van der Waals surface area contributed by atoms with Crippen LogP contribution in [0.1, 0.15) is 17.0 Å². The van der Waals surface area contributed by atoms with Crippen molar-refractivity contribution in [1.29, 1.82) is 0 Å². The molecule has 13 heteroatoms. The molecule has 0 radical (unpaired) electrons. The summed E-state index contributed by atoms with van der Waals surface area (Å²) >= 11 is 6.59. The molecular formula is C26H32ClF3N6O3. The van der Waals surface area contributed by atoms with E-state index in [1.165, 1.54) is 4.90 Å². The lowest BCUT2D eigenvalue weighted by Crippen LogP contribution is -2.49. The van der Waals surface area contributed by atoms with Crippen molar-refractivity contribution in [1.82, 2.24) is 25.3 Å². The molecule has 0 unspecified atom stereocenters. The number of nitrogens with one attached hydrogen (secondary N) is 1. The van der Waals surface area contributed by atoms with Crippen molar-refractivity contribution in [3.8, 4) is 28.4 Å². The largest absolute Gasteiger partial charge is 0.491 e. The standard InChI is InChI=1S/C26H32ClF3N6O3/c1-15-23(22-16(2)34-39-17(22)3)32-24(20-11-19(5-6-21(20)27)38-13-18(37)12-31-4)33-25(15)36-9-7-35(8-10-36)14-26(28,29)30/h5-6,11,18,31,37H,7-10,12-14H2,1-4H3/t18-/m1/s1. The second-order valence-electron chi connectivity index (χ2n) is 9.59. The molecule has 1 fully saturated rings. The smallest absolute Gasteiger partial charge is 0.401 e. The molecule has 0 aliphatic carbocycles. The lowest BCUT2D eigenvalue weighted by Gasteiger charge is -2.36. The van der Waals surface area contributed by atoms with Crippen LogP contribution in [0.25, 0.3) is 22.6 Å². The maximum atomic E-state index is 12.9. The van der Waals surface area contributed by atoms with E-state index in [9.17, 15) is 18.3 Å². The fraction of sp³-hybridized carbons (Fsp3) is 0.500. The molecule has 212 valence electrons. The van der Waals surface area contributed by atoms with Gasteiger partial charge in [0.2, 0.25) is 0 Å². The average Bonchev–Trinajstić information content (AvgIpc) is 3.21. The SMILES string of the molecule is CNC[C@@H](O)COc1ccc(Cl)c(-c2nc(-c3c(C)noc3C)c(C)c(N3CCN(CC(F)(F)F)CC3)n2)c1. The minimum absolute atomic E-state index is 0.0778. The highest BCUT2D eigenvalue weighted by molar-refractivity contribution is 6.33. The topological polar surface area (TPSA) is 99.8 Å². The van der Waals surface area contributed by atoms with Crippen LogP contribution in [0, 0.1) is 20.8 Å². The Bertz CT molecular complexity index is 1280. The van der Waals surface area contributed by atoms with Gasteiger partial charge in [0, 0.05) is 43.9 Å². The number of anilines is 1. The number of hydrogen-bond acceptors (Lipinski definition) is 9. The fourth-order valence-corrected chi connectivity index (χ4v) is 4.82. The summed E-state index contributed by atoms with van der Waals surface area (Å²) in [5.41, 5.74) is 3.27. The highest BCUT2D eigenvalue weighted by atomic mass is 35.5. The van der Waals surface area contributed by atoms with E-state index in [-0.39, 0.29) is 19.7 Å². The number of aryl methyl sites for hydroxylation is 2. The first-order valence-electron chi connectivity index (χ1n) is 12.6. The van der Waals surface area contributed by atoms with Gasteiger partial charge in [-0.3, -0.25) is 4.90 Å². The first-order chi connectivity index (χ1) is 18.5. The molecule has 9 nitrogen and oxygen atoms in total. The molecule has 39 heavy (non-hydrogen) atoms. The number of rotatable bonds is 9. The van der Waals surface area contributed by atoms with Crippen LogP contribution in [0.2, 0.25) is 5.02 Å². The summed E-state index contributed by atoms with van der Waals surface area (Å²) in [6.45, 7) is 6.25. The predicted molar refractivity (Wildman–Crippen MR) is 142 cm³/mol. The first-order valence-corrected chi connectivity index (χ1v) is 13.0. The molecule has 0 spiro atoms. The van der Waals surface area contributed by atoms with Crippen LogP contribution < -0.4 is 15.0 Å². The van der Waals surface area contributed by atoms with E-state index >= 15 is 0 Å². The summed E-state index contributed by atoms with van der Waals surface area (Å²) in [4.78, 5) is 13.1. The third-order valence-corrected chi connectivity index (χ3v) is 6.86. The van der Waals surface area contributed by atoms with Crippen molar-refractivity contribution in [2.75, 3.05) is 57.8 Å². The van der Waals surface area contributed by atoms with Crippen LogP contribution in [0.3, 0.4) is 0 Å². The number of aromatic nitrogens is 3. The van der Waals surface area contributed by atoms with E-state index in [0.29, 0.717) is 64.8 Å². The molecule has 0 bridgehead atoms. The summed E-state index contributed by atoms with van der Waals surface area (Å²) in [6.07, 6.45) is -4.94. The number of benzene rings is 1. The molecule has 1 aromatic carbocycles. The minimum Gasteiger partial charge on any atom is -0.491 e. The van der Waals surface area contributed by atoms with Gasteiger partial charge in [0.1, 0.15) is 30.0 Å². The summed E-state index contributed by atoms with van der Waals surface area (Å²) in [7, 11) is 1.74. The van der Waals surface area contributed by atoms with Gasteiger partial charge in [-0.15, -0.1) is 0 Å². The number of hydrogen-bond donors (Lipinski definition) is 2. The van der Waals surface area contributed by atoms with Crippen LogP contribution in [0.4, 0.5) is 19.0 Å². The molecule has 1 aliphatic heterocycles. The van der Waals surface area contributed by atoms with Crippen molar-refractivity contribution in [3.63, 3.8) is 0 Å². The van der Waals surface area contributed by atoms with Gasteiger partial charge in [-0.2, -0.15) is 13.2 Å². The highest BCUT2D eigenvalue weighted by Gasteiger charge is 2.33. The lowest BCUT2D eigenvalue weighted by molar-refractivity contribution is -0.146. The number of halogens is 4. The van der Waals surface area contributed by atoms with E-state index in [1.807, 2.05) is 18.7 Å². The summed E-state index contributed by atoms with van der Waals surface area (Å²) < 4.78 is 49.9. The van der Waals surface area contributed by atoms with Crippen LogP contribution in [-0.4, -0.2) is 90.3 Å². The summed E-state index contributed by atoms with van der Waals surface area (Å²) in [5.74, 6) is 2.00. The van der Waals surface area contributed by atoms with Gasteiger partial charge >= 0.3 is 6.18 Å². The van der Waals surface area contributed by atoms with Crippen LogP contribution >= 0.6 is 11.6 Å². The zero-order valence-corrected chi connectivity index (χ0v) is 23.0. The van der Waals surface area contributed by atoms with Crippen molar-refractivity contribution in [2.24, 2.45) is 0 Å². The molecule has 0 saturated carbocycles. The van der Waals surface area contributed by atoms with Gasteiger partial charge < -0.3 is 24.6 Å². The van der Waals surface area contributed by atoms with Crippen molar-refractivity contribution < 1.29 is 27.5 Å². The molecular weight excluding hydrogens is 537 g/mol. The number of nitrogens with zero attached hydrogens (tertiary/aromatic N) is 5. The zero-order chi connectivity index (χ0) is 28.3. The Hall–Kier alpha value is -2.93. The van der Waals surface area contributed by atoms with E-state index in [1.54, 1.807) is 32.2 Å². The number of aliphatic hydroxyl groups excluding tert-OH is 1. The van der Waals surface area contributed by atoms with Gasteiger partial charge in [-0.05, 0) is 46.0 Å². The van der Waals surface area contributed by atoms with Gasteiger partial charge in [0.25, 0.3) is 0 Å². The third kappa shape index (κ3) is 6.99. The Morgan fingerprint density at radius 3 is 2.49 bits per heavy atom. The van der Waals surface area contributed by atoms with Crippen molar-refractivity contribution in [2.45, 2.75) is 33.1 Å². The predicted octanol–water partition coefficient (Wildman–Crippen LogP) is 4.02. The summed E-state index contributed by atoms with van der Waals surface area (Å²) in [6, 6.07) is 5.08. The van der Waals surface area contributed by atoms with E-state index in [2.05, 4.69) is 10.5 Å². The van der Waals surface area contributed by atoms with Crippen molar-refractivity contribution in [3.05, 3.63) is 40.2 Å². The molecule has 3 aromatic rings. The zero-order valence-electron chi connectivity index (χ0n) is 22.3. The highest BCUT2D eigenvalue weighted by Crippen LogP contribution is 2.37. The molecule has 3 heterocycles. The van der Waals surface area contributed by atoms with E-state index in [4.69, 9.17) is 30.8 Å². The third-order valence-electron chi connectivity index (χ3n) is 6.53. The molecule has 0 amide bonds. The van der Waals surface area contributed by atoms with Crippen LogP contribution in [0.5, 0.6) is 5.75 Å². The molecule has 2 aromatic heterocycles. The molecule has 4 rings (SSSR count). The summed E-state index contributed by atoms with van der Waals surface area (Å²) in [5, 5.41) is 17.4. The van der Waals surface area contributed by atoms with Gasteiger partial charge in [-0.25, -0.2) is 9.97 Å². The van der Waals surface area contributed by atoms with Crippen molar-refractivity contribution >= 4 is 17.4 Å².